The van der Waals surface area contributed by atoms with E-state index in [-0.39, 0.29) is 5.91 Å². The molecule has 3 aromatic carbocycles. The van der Waals surface area contributed by atoms with Crippen LogP contribution in [0.3, 0.4) is 0 Å². The Kier molecular flexibility index (Phi) is 5.46. The molecule has 0 bridgehead atoms. The summed E-state index contributed by atoms with van der Waals surface area (Å²) in [6.45, 7) is 2.01. The van der Waals surface area contributed by atoms with Gasteiger partial charge in [-0.15, -0.1) is 0 Å². The summed E-state index contributed by atoms with van der Waals surface area (Å²) in [5.41, 5.74) is 1.79. The Morgan fingerprint density at radius 1 is 0.778 bits per heavy atom. The second-order valence-corrected chi connectivity index (χ2v) is 6.41. The molecule has 0 aliphatic heterocycles. The van der Waals surface area contributed by atoms with Crippen molar-refractivity contribution >= 4 is 5.91 Å². The molecule has 0 fully saturated rings. The van der Waals surface area contributed by atoms with Crippen LogP contribution >= 0.6 is 0 Å². The summed E-state index contributed by atoms with van der Waals surface area (Å²) in [5, 5.41) is 3.19. The van der Waals surface area contributed by atoms with Gasteiger partial charge in [0.2, 0.25) is 0 Å². The van der Waals surface area contributed by atoms with E-state index in [0.717, 1.165) is 11.1 Å². The highest BCUT2D eigenvalue weighted by Crippen LogP contribution is 2.30. The van der Waals surface area contributed by atoms with Gasteiger partial charge in [0.05, 0.1) is 19.8 Å². The van der Waals surface area contributed by atoms with Crippen molar-refractivity contribution in [3.63, 3.8) is 0 Å². The van der Waals surface area contributed by atoms with Crippen molar-refractivity contribution in [3.8, 4) is 11.5 Å². The second-order valence-electron chi connectivity index (χ2n) is 6.41. The standard InChI is InChI=1S/C23H23NO3/c1-23(18-10-6-4-7-11-18,19-12-8-5-9-13-19)24-22(25)17-14-20(26-2)16-21(15-17)27-3/h4-16H,1-3H3,(H,24,25). The lowest BCUT2D eigenvalue weighted by atomic mass is 9.84. The Morgan fingerprint density at radius 3 is 1.63 bits per heavy atom. The highest BCUT2D eigenvalue weighted by molar-refractivity contribution is 5.96. The highest BCUT2D eigenvalue weighted by atomic mass is 16.5. The molecule has 0 aliphatic rings. The van der Waals surface area contributed by atoms with E-state index < -0.39 is 5.54 Å². The van der Waals surface area contributed by atoms with E-state index in [9.17, 15) is 4.79 Å². The third kappa shape index (κ3) is 3.95. The van der Waals surface area contributed by atoms with Crippen LogP contribution in [0.2, 0.25) is 0 Å². The van der Waals surface area contributed by atoms with Crippen LogP contribution in [0.4, 0.5) is 0 Å². The average Bonchev–Trinajstić information content (AvgIpc) is 2.74. The molecule has 0 radical (unpaired) electrons. The molecular weight excluding hydrogens is 338 g/mol. The molecule has 4 nitrogen and oxygen atoms in total. The van der Waals surface area contributed by atoms with Crippen LogP contribution in [-0.2, 0) is 5.54 Å². The molecule has 1 amide bonds. The fourth-order valence-electron chi connectivity index (χ4n) is 3.09. The Hall–Kier alpha value is -3.27. The van der Waals surface area contributed by atoms with E-state index in [4.69, 9.17) is 9.47 Å². The van der Waals surface area contributed by atoms with E-state index in [1.807, 2.05) is 67.6 Å². The Bertz CT molecular complexity index is 846. The van der Waals surface area contributed by atoms with E-state index in [0.29, 0.717) is 17.1 Å². The zero-order valence-electron chi connectivity index (χ0n) is 15.7. The first-order chi connectivity index (χ1) is 13.1. The van der Waals surface area contributed by atoms with Crippen LogP contribution < -0.4 is 14.8 Å². The lowest BCUT2D eigenvalue weighted by molar-refractivity contribution is 0.0918. The summed E-state index contributed by atoms with van der Waals surface area (Å²) < 4.78 is 10.6. The van der Waals surface area contributed by atoms with Crippen molar-refractivity contribution in [2.24, 2.45) is 0 Å². The summed E-state index contributed by atoms with van der Waals surface area (Å²) in [7, 11) is 3.13. The van der Waals surface area contributed by atoms with Crippen molar-refractivity contribution in [1.29, 1.82) is 0 Å². The van der Waals surface area contributed by atoms with Gasteiger partial charge in [-0.1, -0.05) is 60.7 Å². The molecular formula is C23H23NO3. The second kappa shape index (κ2) is 7.96. The van der Waals surface area contributed by atoms with Gasteiger partial charge in [0, 0.05) is 11.6 Å². The molecule has 0 atom stereocenters. The van der Waals surface area contributed by atoms with Gasteiger partial charge >= 0.3 is 0 Å². The van der Waals surface area contributed by atoms with Gasteiger partial charge in [0.25, 0.3) is 5.91 Å². The monoisotopic (exact) mass is 361 g/mol. The quantitative estimate of drug-likeness (QED) is 0.708. The van der Waals surface area contributed by atoms with Crippen molar-refractivity contribution in [1.82, 2.24) is 5.32 Å². The first kappa shape index (κ1) is 18.5. The highest BCUT2D eigenvalue weighted by Gasteiger charge is 2.31. The van der Waals surface area contributed by atoms with Crippen LogP contribution in [0.15, 0.2) is 78.9 Å². The Morgan fingerprint density at radius 2 is 1.22 bits per heavy atom. The zero-order valence-corrected chi connectivity index (χ0v) is 15.7. The van der Waals surface area contributed by atoms with Crippen LogP contribution in [0.25, 0.3) is 0 Å². The summed E-state index contributed by atoms with van der Waals surface area (Å²) >= 11 is 0. The summed E-state index contributed by atoms with van der Waals surface area (Å²) in [6.07, 6.45) is 0. The van der Waals surface area contributed by atoms with E-state index >= 15 is 0 Å². The first-order valence-corrected chi connectivity index (χ1v) is 8.73. The molecule has 0 unspecified atom stereocenters. The van der Waals surface area contributed by atoms with Gasteiger partial charge < -0.3 is 14.8 Å². The average molecular weight is 361 g/mol. The number of ether oxygens (including phenoxy) is 2. The molecule has 0 saturated carbocycles. The number of benzene rings is 3. The smallest absolute Gasteiger partial charge is 0.252 e. The molecule has 27 heavy (non-hydrogen) atoms. The van der Waals surface area contributed by atoms with Gasteiger partial charge in [-0.2, -0.15) is 0 Å². The van der Waals surface area contributed by atoms with Crippen LogP contribution in [0.5, 0.6) is 11.5 Å². The minimum absolute atomic E-state index is 0.206. The number of carbonyl (C=O) groups is 1. The van der Waals surface area contributed by atoms with Crippen molar-refractivity contribution in [2.45, 2.75) is 12.5 Å². The van der Waals surface area contributed by atoms with E-state index in [2.05, 4.69) is 5.32 Å². The summed E-state index contributed by atoms with van der Waals surface area (Å²) in [6, 6.07) is 25.0. The molecule has 0 saturated heterocycles. The number of hydrogen-bond donors (Lipinski definition) is 1. The summed E-state index contributed by atoms with van der Waals surface area (Å²) in [5.74, 6) is 0.934. The van der Waals surface area contributed by atoms with Gasteiger partial charge in [-0.25, -0.2) is 0 Å². The van der Waals surface area contributed by atoms with Crippen LogP contribution in [0, 0.1) is 0 Å². The maximum atomic E-state index is 13.1. The lowest BCUT2D eigenvalue weighted by Crippen LogP contribution is -2.44. The largest absolute Gasteiger partial charge is 0.497 e. The third-order valence-corrected chi connectivity index (χ3v) is 4.68. The Labute approximate surface area is 159 Å². The number of carbonyl (C=O) groups excluding carboxylic acids is 1. The molecule has 1 N–H and O–H groups in total. The SMILES string of the molecule is COc1cc(OC)cc(C(=O)NC(C)(c2ccccc2)c2ccccc2)c1. The number of nitrogens with one attached hydrogen (secondary N) is 1. The lowest BCUT2D eigenvalue weighted by Gasteiger charge is -2.32. The molecule has 0 spiro atoms. The van der Waals surface area contributed by atoms with Crippen molar-refractivity contribution in [2.75, 3.05) is 14.2 Å². The van der Waals surface area contributed by atoms with Gasteiger partial charge in [-0.05, 0) is 30.2 Å². The number of amides is 1. The minimum Gasteiger partial charge on any atom is -0.497 e. The van der Waals surface area contributed by atoms with Crippen molar-refractivity contribution < 1.29 is 14.3 Å². The van der Waals surface area contributed by atoms with E-state index in [1.54, 1.807) is 32.4 Å². The van der Waals surface area contributed by atoms with E-state index in [1.165, 1.54) is 0 Å². The first-order valence-electron chi connectivity index (χ1n) is 8.73. The maximum Gasteiger partial charge on any atom is 0.252 e. The number of methoxy groups -OCH3 is 2. The third-order valence-electron chi connectivity index (χ3n) is 4.68. The van der Waals surface area contributed by atoms with Gasteiger partial charge in [-0.3, -0.25) is 4.79 Å². The fraction of sp³-hybridized carbons (Fsp3) is 0.174. The molecule has 4 heteroatoms. The zero-order chi connectivity index (χ0) is 19.3. The Balaban J connectivity index is 2.02. The predicted molar refractivity (Wildman–Crippen MR) is 106 cm³/mol. The molecule has 3 rings (SSSR count). The molecule has 0 aromatic heterocycles. The normalized spacial score (nSPS) is 10.9. The molecule has 0 aliphatic carbocycles. The van der Waals surface area contributed by atoms with Crippen LogP contribution in [0.1, 0.15) is 28.4 Å². The number of hydrogen-bond acceptors (Lipinski definition) is 3. The number of rotatable bonds is 6. The molecule has 0 heterocycles. The fourth-order valence-corrected chi connectivity index (χ4v) is 3.09. The van der Waals surface area contributed by atoms with Gasteiger partial charge in [0.15, 0.2) is 0 Å². The molecule has 3 aromatic rings. The van der Waals surface area contributed by atoms with Gasteiger partial charge in [0.1, 0.15) is 11.5 Å². The maximum absolute atomic E-state index is 13.1. The van der Waals surface area contributed by atoms with Crippen molar-refractivity contribution in [3.05, 3.63) is 95.6 Å². The summed E-state index contributed by atoms with van der Waals surface area (Å²) in [4.78, 5) is 13.1. The predicted octanol–water partition coefficient (Wildman–Crippen LogP) is 4.40. The topological polar surface area (TPSA) is 47.6 Å². The van der Waals surface area contributed by atoms with Crippen LogP contribution in [-0.4, -0.2) is 20.1 Å². The molecule has 138 valence electrons. The minimum atomic E-state index is -0.685.